The summed E-state index contributed by atoms with van der Waals surface area (Å²) in [6.07, 6.45) is 1.48. The third kappa shape index (κ3) is 2.27. The molecule has 0 spiro atoms. The minimum absolute atomic E-state index is 0.0434. The minimum atomic E-state index is -0.0434. The van der Waals surface area contributed by atoms with Crippen molar-refractivity contribution in [2.45, 2.75) is 38.5 Å². The van der Waals surface area contributed by atoms with Crippen LogP contribution < -0.4 is 5.32 Å². The molecule has 4 atom stereocenters. The summed E-state index contributed by atoms with van der Waals surface area (Å²) in [6.45, 7) is 5.44. The lowest BCUT2D eigenvalue weighted by atomic mass is 9.57. The van der Waals surface area contributed by atoms with Gasteiger partial charge < -0.3 is 15.2 Å². The second kappa shape index (κ2) is 5.30. The Morgan fingerprint density at radius 1 is 1.40 bits per heavy atom. The summed E-state index contributed by atoms with van der Waals surface area (Å²) in [6, 6.07) is 8.04. The van der Waals surface area contributed by atoms with Gasteiger partial charge in [0.25, 0.3) is 0 Å². The monoisotopic (exact) mass is 295 g/mol. The van der Waals surface area contributed by atoms with Crippen molar-refractivity contribution in [3.8, 4) is 0 Å². The van der Waals surface area contributed by atoms with Gasteiger partial charge in [0.2, 0.25) is 0 Å². The van der Waals surface area contributed by atoms with Crippen LogP contribution in [0.1, 0.15) is 31.9 Å². The SMILES string of the molecule is CC1(C)C(NC(CO)c2ccc(Cl)cc2)C2CCOC21. The molecule has 1 aliphatic carbocycles. The van der Waals surface area contributed by atoms with Crippen LogP contribution in [-0.4, -0.2) is 30.5 Å². The number of halogens is 1. The van der Waals surface area contributed by atoms with Gasteiger partial charge in [0, 0.05) is 29.0 Å². The van der Waals surface area contributed by atoms with Crippen molar-refractivity contribution in [1.82, 2.24) is 5.32 Å². The average Bonchev–Trinajstić information content (AvgIpc) is 2.88. The van der Waals surface area contributed by atoms with Crippen LogP contribution in [0.15, 0.2) is 24.3 Å². The third-order valence-electron chi connectivity index (χ3n) is 4.94. The number of hydrogen-bond donors (Lipinski definition) is 2. The maximum atomic E-state index is 9.70. The first-order valence-electron chi connectivity index (χ1n) is 7.28. The number of fused-ring (bicyclic) bond motifs is 1. The number of aliphatic hydroxyl groups is 1. The molecule has 2 N–H and O–H groups in total. The first kappa shape index (κ1) is 14.3. The Morgan fingerprint density at radius 2 is 2.10 bits per heavy atom. The number of hydrogen-bond acceptors (Lipinski definition) is 3. The van der Waals surface area contributed by atoms with Gasteiger partial charge in [-0.3, -0.25) is 0 Å². The lowest BCUT2D eigenvalue weighted by Gasteiger charge is -2.55. The fraction of sp³-hybridized carbons (Fsp3) is 0.625. The molecule has 2 fully saturated rings. The summed E-state index contributed by atoms with van der Waals surface area (Å²) in [4.78, 5) is 0. The number of benzene rings is 1. The van der Waals surface area contributed by atoms with Gasteiger partial charge in [-0.2, -0.15) is 0 Å². The topological polar surface area (TPSA) is 41.5 Å². The van der Waals surface area contributed by atoms with Crippen molar-refractivity contribution in [2.75, 3.05) is 13.2 Å². The molecule has 2 aliphatic rings. The first-order valence-corrected chi connectivity index (χ1v) is 7.66. The lowest BCUT2D eigenvalue weighted by Crippen LogP contribution is -2.66. The largest absolute Gasteiger partial charge is 0.394 e. The van der Waals surface area contributed by atoms with Gasteiger partial charge in [-0.25, -0.2) is 0 Å². The van der Waals surface area contributed by atoms with E-state index >= 15 is 0 Å². The molecular weight excluding hydrogens is 274 g/mol. The molecule has 1 saturated carbocycles. The second-order valence-corrected chi connectivity index (χ2v) is 6.93. The Kier molecular flexibility index (Phi) is 3.80. The van der Waals surface area contributed by atoms with Crippen molar-refractivity contribution in [3.63, 3.8) is 0 Å². The maximum Gasteiger partial charge on any atom is 0.0685 e. The summed E-state index contributed by atoms with van der Waals surface area (Å²) in [7, 11) is 0. The highest BCUT2D eigenvalue weighted by molar-refractivity contribution is 6.30. The molecule has 0 bridgehead atoms. The lowest BCUT2D eigenvalue weighted by molar-refractivity contribution is -0.116. The van der Waals surface area contributed by atoms with E-state index < -0.39 is 0 Å². The Bertz CT molecular complexity index is 474. The Labute approximate surface area is 125 Å². The molecule has 20 heavy (non-hydrogen) atoms. The Balaban J connectivity index is 1.73. The van der Waals surface area contributed by atoms with E-state index in [1.54, 1.807) is 0 Å². The summed E-state index contributed by atoms with van der Waals surface area (Å²) >= 11 is 5.92. The van der Waals surface area contributed by atoms with Crippen LogP contribution in [0, 0.1) is 11.3 Å². The van der Waals surface area contributed by atoms with Gasteiger partial charge in [0.05, 0.1) is 18.8 Å². The summed E-state index contributed by atoms with van der Waals surface area (Å²) in [5.74, 6) is 0.575. The second-order valence-electron chi connectivity index (χ2n) is 6.50. The van der Waals surface area contributed by atoms with Crippen molar-refractivity contribution < 1.29 is 9.84 Å². The molecule has 1 saturated heterocycles. The number of rotatable bonds is 4. The van der Waals surface area contributed by atoms with Gasteiger partial charge in [-0.15, -0.1) is 0 Å². The molecule has 0 amide bonds. The molecule has 1 aromatic rings. The molecule has 1 aromatic carbocycles. The van der Waals surface area contributed by atoms with Crippen LogP contribution in [0.25, 0.3) is 0 Å². The maximum absolute atomic E-state index is 9.70. The highest BCUT2D eigenvalue weighted by Crippen LogP contribution is 2.52. The number of ether oxygens (including phenoxy) is 1. The predicted octanol–water partition coefficient (Wildman–Crippen LogP) is 2.78. The van der Waals surface area contributed by atoms with Crippen LogP contribution in [0.4, 0.5) is 0 Å². The van der Waals surface area contributed by atoms with Crippen molar-refractivity contribution in [2.24, 2.45) is 11.3 Å². The van der Waals surface area contributed by atoms with Crippen molar-refractivity contribution in [1.29, 1.82) is 0 Å². The molecule has 4 unspecified atom stereocenters. The van der Waals surface area contributed by atoms with Gasteiger partial charge >= 0.3 is 0 Å². The average molecular weight is 296 g/mol. The molecular formula is C16H22ClNO2. The van der Waals surface area contributed by atoms with E-state index in [2.05, 4.69) is 19.2 Å². The van der Waals surface area contributed by atoms with Crippen molar-refractivity contribution in [3.05, 3.63) is 34.9 Å². The Hall–Kier alpha value is -0.610. The van der Waals surface area contributed by atoms with Crippen LogP contribution in [-0.2, 0) is 4.74 Å². The van der Waals surface area contributed by atoms with Crippen LogP contribution in [0.5, 0.6) is 0 Å². The van der Waals surface area contributed by atoms with Gasteiger partial charge in [0.1, 0.15) is 0 Å². The highest BCUT2D eigenvalue weighted by Gasteiger charge is 2.59. The molecule has 4 heteroatoms. The standard InChI is InChI=1S/C16H22ClNO2/c1-16(2)14(12-7-8-20-15(12)16)18-13(9-19)10-3-5-11(17)6-4-10/h3-6,12-15,18-19H,7-9H2,1-2H3. The molecule has 0 radical (unpaired) electrons. The van der Waals surface area contributed by atoms with Crippen LogP contribution in [0.3, 0.4) is 0 Å². The van der Waals surface area contributed by atoms with E-state index in [0.29, 0.717) is 18.1 Å². The minimum Gasteiger partial charge on any atom is -0.394 e. The zero-order valence-corrected chi connectivity index (χ0v) is 12.7. The van der Waals surface area contributed by atoms with Gasteiger partial charge in [0.15, 0.2) is 0 Å². The highest BCUT2D eigenvalue weighted by atomic mass is 35.5. The van der Waals surface area contributed by atoms with E-state index in [0.717, 1.165) is 23.6 Å². The fourth-order valence-electron chi connectivity index (χ4n) is 3.83. The summed E-state index contributed by atoms with van der Waals surface area (Å²) < 4.78 is 5.81. The van der Waals surface area contributed by atoms with E-state index in [1.807, 2.05) is 24.3 Å². The molecule has 3 nitrogen and oxygen atoms in total. The van der Waals surface area contributed by atoms with Gasteiger partial charge in [-0.1, -0.05) is 37.6 Å². The molecule has 3 rings (SSSR count). The molecule has 0 aromatic heterocycles. The zero-order valence-electron chi connectivity index (χ0n) is 12.0. The van der Waals surface area contributed by atoms with E-state index in [9.17, 15) is 5.11 Å². The van der Waals surface area contributed by atoms with Crippen molar-refractivity contribution >= 4 is 11.6 Å². The Morgan fingerprint density at radius 3 is 2.75 bits per heavy atom. The predicted molar refractivity (Wildman–Crippen MR) is 79.8 cm³/mol. The van der Waals surface area contributed by atoms with Crippen LogP contribution in [0.2, 0.25) is 5.02 Å². The third-order valence-corrected chi connectivity index (χ3v) is 5.19. The first-order chi connectivity index (χ1) is 9.54. The molecule has 1 aliphatic heterocycles. The van der Waals surface area contributed by atoms with E-state index in [4.69, 9.17) is 16.3 Å². The molecule has 110 valence electrons. The quantitative estimate of drug-likeness (QED) is 0.897. The van der Waals surface area contributed by atoms with E-state index in [1.165, 1.54) is 0 Å². The smallest absolute Gasteiger partial charge is 0.0685 e. The van der Waals surface area contributed by atoms with Gasteiger partial charge in [-0.05, 0) is 24.1 Å². The number of nitrogens with one attached hydrogen (secondary N) is 1. The fourth-order valence-corrected chi connectivity index (χ4v) is 3.95. The molecule has 1 heterocycles. The van der Waals surface area contributed by atoms with Crippen LogP contribution >= 0.6 is 11.6 Å². The summed E-state index contributed by atoms with van der Waals surface area (Å²) in [5.41, 5.74) is 1.20. The van der Waals surface area contributed by atoms with E-state index in [-0.39, 0.29) is 18.1 Å². The zero-order chi connectivity index (χ0) is 14.3. The normalized spacial score (nSPS) is 32.5. The number of aliphatic hydroxyl groups excluding tert-OH is 1. The summed E-state index contributed by atoms with van der Waals surface area (Å²) in [5, 5.41) is 14.0.